The number of piperidine rings is 1. The Kier molecular flexibility index (Phi) is 6.64. The third-order valence-corrected chi connectivity index (χ3v) is 4.00. The van der Waals surface area contributed by atoms with E-state index in [1.54, 1.807) is 7.11 Å². The average Bonchev–Trinajstić information content (AvgIpc) is 2.29. The summed E-state index contributed by atoms with van der Waals surface area (Å²) < 4.78 is 5.41. The van der Waals surface area contributed by atoms with E-state index in [4.69, 9.17) is 10.5 Å². The fraction of sp³-hybridized carbons (Fsp3) is 1.00. The summed E-state index contributed by atoms with van der Waals surface area (Å²) in [5.41, 5.74) is 5.81. The molecule has 2 atom stereocenters. The number of nitrogens with two attached hydrogens (primary N) is 1. The highest BCUT2D eigenvalue weighted by Crippen LogP contribution is 2.19. The van der Waals surface area contributed by atoms with Crippen LogP contribution in [0.2, 0.25) is 0 Å². The van der Waals surface area contributed by atoms with Crippen LogP contribution in [0.5, 0.6) is 0 Å². The summed E-state index contributed by atoms with van der Waals surface area (Å²) >= 11 is 2.01. The standard InChI is InChI=1S/C11H24N2OS/c1-3-15-7-6-13-5-4-11(14-2)8-10(13)9-12/h10-11H,3-9,12H2,1-2H3. The van der Waals surface area contributed by atoms with E-state index in [0.29, 0.717) is 12.1 Å². The molecule has 0 bridgehead atoms. The van der Waals surface area contributed by atoms with Crippen LogP contribution in [0.25, 0.3) is 0 Å². The second-order valence-corrected chi connectivity index (χ2v) is 5.40. The molecule has 0 spiro atoms. The minimum atomic E-state index is 0.425. The van der Waals surface area contributed by atoms with Crippen molar-refractivity contribution < 1.29 is 4.74 Å². The number of nitrogens with zero attached hydrogens (tertiary/aromatic N) is 1. The van der Waals surface area contributed by atoms with E-state index < -0.39 is 0 Å². The lowest BCUT2D eigenvalue weighted by Gasteiger charge is -2.38. The molecular weight excluding hydrogens is 208 g/mol. The molecule has 15 heavy (non-hydrogen) atoms. The smallest absolute Gasteiger partial charge is 0.0599 e. The molecule has 0 aromatic heterocycles. The van der Waals surface area contributed by atoms with E-state index in [9.17, 15) is 0 Å². The lowest BCUT2D eigenvalue weighted by molar-refractivity contribution is 0.0158. The van der Waals surface area contributed by atoms with Gasteiger partial charge in [0.25, 0.3) is 0 Å². The number of hydrogen-bond acceptors (Lipinski definition) is 4. The lowest BCUT2D eigenvalue weighted by Crippen LogP contribution is -2.49. The fourth-order valence-electron chi connectivity index (χ4n) is 2.14. The summed E-state index contributed by atoms with van der Waals surface area (Å²) in [6.07, 6.45) is 2.68. The highest BCUT2D eigenvalue weighted by molar-refractivity contribution is 7.99. The Labute approximate surface area is 97.7 Å². The summed E-state index contributed by atoms with van der Waals surface area (Å²) in [6, 6.07) is 0.529. The molecule has 0 amide bonds. The quantitative estimate of drug-likeness (QED) is 0.698. The van der Waals surface area contributed by atoms with Crippen LogP contribution in [0, 0.1) is 0 Å². The van der Waals surface area contributed by atoms with Gasteiger partial charge in [0.15, 0.2) is 0 Å². The Morgan fingerprint density at radius 1 is 1.53 bits per heavy atom. The van der Waals surface area contributed by atoms with Crippen molar-refractivity contribution >= 4 is 11.8 Å². The first-order valence-corrected chi connectivity index (χ1v) is 7.02. The molecule has 0 saturated carbocycles. The Bertz CT molecular complexity index is 167. The molecule has 1 rings (SSSR count). The first-order chi connectivity index (χ1) is 7.31. The van der Waals surface area contributed by atoms with Crippen molar-refractivity contribution in [3.05, 3.63) is 0 Å². The summed E-state index contributed by atoms with van der Waals surface area (Å²) in [5.74, 6) is 2.44. The van der Waals surface area contributed by atoms with Crippen LogP contribution in [-0.4, -0.2) is 55.3 Å². The Morgan fingerprint density at radius 3 is 2.93 bits per heavy atom. The van der Waals surface area contributed by atoms with Gasteiger partial charge in [-0.25, -0.2) is 0 Å². The Morgan fingerprint density at radius 2 is 2.33 bits per heavy atom. The summed E-state index contributed by atoms with van der Waals surface area (Å²) in [5, 5.41) is 0. The van der Waals surface area contributed by atoms with Gasteiger partial charge in [-0.3, -0.25) is 4.90 Å². The molecule has 1 aliphatic rings. The van der Waals surface area contributed by atoms with Crippen LogP contribution < -0.4 is 5.73 Å². The summed E-state index contributed by atoms with van der Waals surface area (Å²) in [4.78, 5) is 2.53. The number of thioether (sulfide) groups is 1. The first kappa shape index (κ1) is 13.3. The van der Waals surface area contributed by atoms with Crippen LogP contribution in [0.4, 0.5) is 0 Å². The molecule has 0 aliphatic carbocycles. The van der Waals surface area contributed by atoms with Crippen LogP contribution in [0.15, 0.2) is 0 Å². The normalized spacial score (nSPS) is 28.2. The maximum Gasteiger partial charge on any atom is 0.0599 e. The maximum absolute atomic E-state index is 5.81. The molecule has 4 heteroatoms. The molecule has 1 saturated heterocycles. The van der Waals surface area contributed by atoms with Crippen LogP contribution in [0.1, 0.15) is 19.8 Å². The van der Waals surface area contributed by atoms with Gasteiger partial charge in [-0.05, 0) is 18.6 Å². The Hall–Kier alpha value is 0.230. The van der Waals surface area contributed by atoms with Gasteiger partial charge in [-0.15, -0.1) is 0 Å². The van der Waals surface area contributed by atoms with Gasteiger partial charge in [-0.1, -0.05) is 6.92 Å². The summed E-state index contributed by atoms with van der Waals surface area (Å²) in [7, 11) is 1.81. The molecule has 3 nitrogen and oxygen atoms in total. The third-order valence-electron chi connectivity index (χ3n) is 3.12. The average molecular weight is 232 g/mol. The lowest BCUT2D eigenvalue weighted by atomic mass is 9.99. The number of hydrogen-bond donors (Lipinski definition) is 1. The number of rotatable bonds is 6. The molecular formula is C11H24N2OS. The van der Waals surface area contributed by atoms with E-state index >= 15 is 0 Å². The second-order valence-electron chi connectivity index (χ2n) is 4.00. The van der Waals surface area contributed by atoms with E-state index in [2.05, 4.69) is 11.8 Å². The summed E-state index contributed by atoms with van der Waals surface area (Å²) in [6.45, 7) is 5.29. The molecule has 90 valence electrons. The van der Waals surface area contributed by atoms with E-state index in [1.165, 1.54) is 18.1 Å². The zero-order valence-corrected chi connectivity index (χ0v) is 10.8. The van der Waals surface area contributed by atoms with Gasteiger partial charge in [0, 0.05) is 38.5 Å². The van der Waals surface area contributed by atoms with E-state index in [0.717, 1.165) is 25.9 Å². The van der Waals surface area contributed by atoms with Crippen molar-refractivity contribution in [1.29, 1.82) is 0 Å². The maximum atomic E-state index is 5.81. The van der Waals surface area contributed by atoms with Crippen LogP contribution in [0.3, 0.4) is 0 Å². The Balaban J connectivity index is 2.30. The third kappa shape index (κ3) is 4.31. The van der Waals surface area contributed by atoms with Crippen molar-refractivity contribution in [2.45, 2.75) is 31.9 Å². The van der Waals surface area contributed by atoms with Crippen molar-refractivity contribution in [1.82, 2.24) is 4.90 Å². The van der Waals surface area contributed by atoms with Gasteiger partial charge in [0.05, 0.1) is 6.10 Å². The zero-order valence-electron chi connectivity index (χ0n) is 9.95. The highest BCUT2D eigenvalue weighted by atomic mass is 32.2. The molecule has 1 heterocycles. The van der Waals surface area contributed by atoms with E-state index in [-0.39, 0.29) is 0 Å². The minimum Gasteiger partial charge on any atom is -0.381 e. The number of likely N-dealkylation sites (tertiary alicyclic amines) is 1. The van der Waals surface area contributed by atoms with Crippen molar-refractivity contribution in [2.75, 3.05) is 38.2 Å². The topological polar surface area (TPSA) is 38.5 Å². The number of ether oxygens (including phenoxy) is 1. The van der Waals surface area contributed by atoms with Crippen LogP contribution in [-0.2, 0) is 4.74 Å². The second kappa shape index (κ2) is 7.49. The first-order valence-electron chi connectivity index (χ1n) is 5.86. The zero-order chi connectivity index (χ0) is 11.1. The van der Waals surface area contributed by atoms with Crippen molar-refractivity contribution in [3.8, 4) is 0 Å². The SMILES string of the molecule is CCSCCN1CCC(OC)CC1CN. The highest BCUT2D eigenvalue weighted by Gasteiger charge is 2.26. The molecule has 1 fully saturated rings. The molecule has 0 aromatic rings. The molecule has 2 unspecified atom stereocenters. The van der Waals surface area contributed by atoms with Crippen molar-refractivity contribution in [2.24, 2.45) is 5.73 Å². The molecule has 0 radical (unpaired) electrons. The number of methoxy groups -OCH3 is 1. The predicted molar refractivity (Wildman–Crippen MR) is 67.4 cm³/mol. The van der Waals surface area contributed by atoms with E-state index in [1.807, 2.05) is 11.8 Å². The predicted octanol–water partition coefficient (Wildman–Crippen LogP) is 1.18. The monoisotopic (exact) mass is 232 g/mol. The fourth-order valence-corrected chi connectivity index (χ4v) is 2.79. The molecule has 0 aromatic carbocycles. The van der Waals surface area contributed by atoms with Crippen LogP contribution >= 0.6 is 11.8 Å². The van der Waals surface area contributed by atoms with Gasteiger partial charge in [0.1, 0.15) is 0 Å². The van der Waals surface area contributed by atoms with Gasteiger partial charge in [0.2, 0.25) is 0 Å². The largest absolute Gasteiger partial charge is 0.381 e. The molecule has 2 N–H and O–H groups in total. The van der Waals surface area contributed by atoms with Gasteiger partial charge in [-0.2, -0.15) is 11.8 Å². The minimum absolute atomic E-state index is 0.425. The van der Waals surface area contributed by atoms with Gasteiger partial charge < -0.3 is 10.5 Å². The molecule has 1 aliphatic heterocycles. The van der Waals surface area contributed by atoms with Gasteiger partial charge >= 0.3 is 0 Å². The van der Waals surface area contributed by atoms with Crippen molar-refractivity contribution in [3.63, 3.8) is 0 Å².